The molecule has 0 radical (unpaired) electrons. The standard InChI is InChI=1S/C8H13FN2O3S/c1-2(12)6-5(13)3(9)4-7(14-6)15-8(10)11-4/h2-7,12-13H,1H3,(H2,10,11). The first-order chi connectivity index (χ1) is 7.00. The van der Waals surface area contributed by atoms with Crippen LogP contribution in [-0.2, 0) is 4.74 Å². The summed E-state index contributed by atoms with van der Waals surface area (Å²) >= 11 is 1.12. The maximum absolute atomic E-state index is 13.7. The minimum Gasteiger partial charge on any atom is -0.391 e. The fourth-order valence-corrected chi connectivity index (χ4v) is 2.73. The number of nitrogens with zero attached hydrogens (tertiary/aromatic N) is 1. The molecule has 15 heavy (non-hydrogen) atoms. The van der Waals surface area contributed by atoms with E-state index in [-0.39, 0.29) is 5.17 Å². The molecule has 0 aromatic rings. The summed E-state index contributed by atoms with van der Waals surface area (Å²) < 4.78 is 19.1. The summed E-state index contributed by atoms with van der Waals surface area (Å²) in [6.07, 6.45) is -4.75. The Bertz CT molecular complexity index is 289. The number of nitrogens with two attached hydrogens (primary N) is 1. The van der Waals surface area contributed by atoms with Gasteiger partial charge in [0.15, 0.2) is 11.3 Å². The smallest absolute Gasteiger partial charge is 0.157 e. The number of aliphatic hydroxyl groups is 2. The maximum atomic E-state index is 13.7. The number of amidine groups is 1. The van der Waals surface area contributed by atoms with Crippen LogP contribution in [0.1, 0.15) is 6.92 Å². The molecule has 0 amide bonds. The summed E-state index contributed by atoms with van der Waals surface area (Å²) in [6, 6.07) is -0.764. The van der Waals surface area contributed by atoms with Gasteiger partial charge in [0.25, 0.3) is 0 Å². The number of aliphatic hydroxyl groups excluding tert-OH is 2. The normalized spacial score (nSPS) is 47.2. The summed E-state index contributed by atoms with van der Waals surface area (Å²) in [5, 5.41) is 19.1. The Morgan fingerprint density at radius 3 is 2.93 bits per heavy atom. The summed E-state index contributed by atoms with van der Waals surface area (Å²) in [4.78, 5) is 3.85. The largest absolute Gasteiger partial charge is 0.391 e. The van der Waals surface area contributed by atoms with Gasteiger partial charge in [-0.05, 0) is 6.92 Å². The van der Waals surface area contributed by atoms with E-state index in [9.17, 15) is 14.6 Å². The Morgan fingerprint density at radius 2 is 2.33 bits per heavy atom. The third kappa shape index (κ3) is 1.84. The van der Waals surface area contributed by atoms with E-state index in [0.29, 0.717) is 0 Å². The van der Waals surface area contributed by atoms with E-state index < -0.39 is 36.0 Å². The second-order valence-electron chi connectivity index (χ2n) is 3.72. The van der Waals surface area contributed by atoms with Crippen molar-refractivity contribution >= 4 is 16.9 Å². The van der Waals surface area contributed by atoms with Gasteiger partial charge in [-0.25, -0.2) is 4.39 Å². The number of thioether (sulfide) groups is 1. The second kappa shape index (κ2) is 3.89. The van der Waals surface area contributed by atoms with Gasteiger partial charge >= 0.3 is 0 Å². The molecule has 2 aliphatic rings. The first kappa shape index (κ1) is 11.1. The summed E-state index contributed by atoms with van der Waals surface area (Å²) in [5.41, 5.74) is 4.91. The molecule has 0 aromatic heterocycles. The van der Waals surface area contributed by atoms with Gasteiger partial charge in [-0.15, -0.1) is 0 Å². The fraction of sp³-hybridized carbons (Fsp3) is 0.875. The van der Waals surface area contributed by atoms with Crippen molar-refractivity contribution in [1.82, 2.24) is 0 Å². The molecule has 6 unspecified atom stereocenters. The lowest BCUT2D eigenvalue weighted by molar-refractivity contribution is -0.165. The van der Waals surface area contributed by atoms with Crippen LogP contribution in [0.4, 0.5) is 4.39 Å². The van der Waals surface area contributed by atoms with Crippen molar-refractivity contribution in [2.24, 2.45) is 10.7 Å². The van der Waals surface area contributed by atoms with Gasteiger partial charge in [0.1, 0.15) is 23.7 Å². The first-order valence-corrected chi connectivity index (χ1v) is 5.54. The van der Waals surface area contributed by atoms with Gasteiger partial charge in [-0.3, -0.25) is 4.99 Å². The predicted octanol–water partition coefficient (Wildman–Crippen LogP) is -0.779. The van der Waals surface area contributed by atoms with Crippen LogP contribution in [0.15, 0.2) is 4.99 Å². The number of fused-ring (bicyclic) bond motifs is 1. The van der Waals surface area contributed by atoms with Gasteiger partial charge < -0.3 is 20.7 Å². The van der Waals surface area contributed by atoms with E-state index in [4.69, 9.17) is 10.5 Å². The number of hydrogen-bond acceptors (Lipinski definition) is 6. The van der Waals surface area contributed by atoms with Gasteiger partial charge in [0.2, 0.25) is 0 Å². The lowest BCUT2D eigenvalue weighted by atomic mass is 9.97. The Labute approximate surface area is 90.5 Å². The van der Waals surface area contributed by atoms with Crippen molar-refractivity contribution in [2.45, 2.75) is 42.9 Å². The minimum absolute atomic E-state index is 0.256. The van der Waals surface area contributed by atoms with Gasteiger partial charge in [-0.1, -0.05) is 11.8 Å². The quantitative estimate of drug-likeness (QED) is 0.556. The number of alkyl halides is 1. The highest BCUT2D eigenvalue weighted by molar-refractivity contribution is 8.14. The molecule has 2 aliphatic heterocycles. The van der Waals surface area contributed by atoms with Crippen molar-refractivity contribution in [1.29, 1.82) is 0 Å². The number of rotatable bonds is 1. The fourth-order valence-electron chi connectivity index (χ4n) is 1.77. The van der Waals surface area contributed by atoms with Crippen molar-refractivity contribution < 1.29 is 19.3 Å². The molecule has 7 heteroatoms. The van der Waals surface area contributed by atoms with Crippen LogP contribution in [0.3, 0.4) is 0 Å². The summed E-state index contributed by atoms with van der Waals surface area (Å²) in [6.45, 7) is 1.45. The van der Waals surface area contributed by atoms with E-state index in [1.165, 1.54) is 6.92 Å². The van der Waals surface area contributed by atoms with Crippen LogP contribution in [0.5, 0.6) is 0 Å². The molecule has 4 N–H and O–H groups in total. The molecule has 2 heterocycles. The van der Waals surface area contributed by atoms with Crippen molar-refractivity contribution in [3.05, 3.63) is 0 Å². The molecular weight excluding hydrogens is 223 g/mol. The number of aliphatic imine (C=N–C) groups is 1. The Kier molecular flexibility index (Phi) is 2.89. The molecule has 1 saturated heterocycles. The summed E-state index contributed by atoms with van der Waals surface area (Å²) in [7, 11) is 0. The van der Waals surface area contributed by atoms with Gasteiger partial charge in [0, 0.05) is 0 Å². The molecule has 86 valence electrons. The Balaban J connectivity index is 2.16. The molecule has 5 nitrogen and oxygen atoms in total. The minimum atomic E-state index is -1.54. The van der Waals surface area contributed by atoms with E-state index in [0.717, 1.165) is 11.8 Å². The lowest BCUT2D eigenvalue weighted by Gasteiger charge is -2.38. The maximum Gasteiger partial charge on any atom is 0.157 e. The molecule has 2 rings (SSSR count). The molecule has 0 aromatic carbocycles. The van der Waals surface area contributed by atoms with Crippen molar-refractivity contribution in [3.8, 4) is 0 Å². The average Bonchev–Trinajstić information content (AvgIpc) is 2.52. The van der Waals surface area contributed by atoms with Gasteiger partial charge in [0.05, 0.1) is 6.10 Å². The third-order valence-electron chi connectivity index (χ3n) is 2.55. The summed E-state index contributed by atoms with van der Waals surface area (Å²) in [5.74, 6) is 0. The van der Waals surface area contributed by atoms with Crippen LogP contribution >= 0.6 is 11.8 Å². The zero-order valence-corrected chi connectivity index (χ0v) is 8.89. The molecule has 0 spiro atoms. The van der Waals surface area contributed by atoms with Crippen molar-refractivity contribution in [3.63, 3.8) is 0 Å². The first-order valence-electron chi connectivity index (χ1n) is 4.66. The van der Waals surface area contributed by atoms with E-state index in [1.54, 1.807) is 0 Å². The van der Waals surface area contributed by atoms with E-state index >= 15 is 0 Å². The van der Waals surface area contributed by atoms with Crippen LogP contribution < -0.4 is 5.73 Å². The Morgan fingerprint density at radius 1 is 1.67 bits per heavy atom. The zero-order valence-electron chi connectivity index (χ0n) is 8.08. The zero-order chi connectivity index (χ0) is 11.2. The lowest BCUT2D eigenvalue weighted by Crippen LogP contribution is -2.56. The monoisotopic (exact) mass is 236 g/mol. The topological polar surface area (TPSA) is 88.1 Å². The molecule has 6 atom stereocenters. The van der Waals surface area contributed by atoms with E-state index in [2.05, 4.69) is 4.99 Å². The average molecular weight is 236 g/mol. The molecular formula is C8H13FN2O3S. The molecule has 0 saturated carbocycles. The third-order valence-corrected chi connectivity index (χ3v) is 3.52. The van der Waals surface area contributed by atoms with E-state index in [1.807, 2.05) is 0 Å². The molecule has 0 bridgehead atoms. The van der Waals surface area contributed by atoms with Crippen LogP contribution in [0, 0.1) is 0 Å². The number of halogens is 1. The number of hydrogen-bond donors (Lipinski definition) is 3. The SMILES string of the molecule is CC(O)C1OC2SC(N)=NC2C(F)C1O. The predicted molar refractivity (Wildman–Crippen MR) is 54.2 cm³/mol. The Hall–Kier alpha value is -0.370. The number of ether oxygens (including phenoxy) is 1. The van der Waals surface area contributed by atoms with Crippen LogP contribution in [0.25, 0.3) is 0 Å². The highest BCUT2D eigenvalue weighted by Gasteiger charge is 2.50. The van der Waals surface area contributed by atoms with Crippen LogP contribution in [0.2, 0.25) is 0 Å². The second-order valence-corrected chi connectivity index (χ2v) is 4.84. The van der Waals surface area contributed by atoms with Gasteiger partial charge in [-0.2, -0.15) is 0 Å². The highest BCUT2D eigenvalue weighted by atomic mass is 32.2. The van der Waals surface area contributed by atoms with Crippen LogP contribution in [-0.4, -0.2) is 51.3 Å². The molecule has 0 aliphatic carbocycles. The highest BCUT2D eigenvalue weighted by Crippen LogP contribution is 2.37. The van der Waals surface area contributed by atoms with Crippen molar-refractivity contribution in [2.75, 3.05) is 0 Å². The molecule has 1 fully saturated rings.